The molecule has 1 heterocycles. The van der Waals surface area contributed by atoms with Crippen molar-refractivity contribution in [3.8, 4) is 5.75 Å². The number of ether oxygens (including phenoxy) is 2. The van der Waals surface area contributed by atoms with Crippen molar-refractivity contribution >= 4 is 34.2 Å². The molecule has 3 aromatic rings. The molecule has 0 aliphatic heterocycles. The molecule has 0 saturated heterocycles. The highest BCUT2D eigenvalue weighted by molar-refractivity contribution is 5.93. The third-order valence-electron chi connectivity index (χ3n) is 4.23. The Morgan fingerprint density at radius 3 is 2.54 bits per heavy atom. The number of carbonyl (C=O) groups excluding carboxylic acids is 2. The maximum Gasteiger partial charge on any atom is 0.310 e. The Balaban J connectivity index is 1.52. The van der Waals surface area contributed by atoms with Crippen LogP contribution in [0.2, 0.25) is 0 Å². The Bertz CT molecular complexity index is 976. The minimum Gasteiger partial charge on any atom is -0.497 e. The van der Waals surface area contributed by atoms with Gasteiger partial charge in [-0.2, -0.15) is 0 Å². The topological polar surface area (TPSA) is 81.0 Å². The fourth-order valence-corrected chi connectivity index (χ4v) is 2.72. The highest BCUT2D eigenvalue weighted by Crippen LogP contribution is 2.26. The number of benzene rings is 2. The quantitative estimate of drug-likeness (QED) is 0.632. The van der Waals surface area contributed by atoms with Gasteiger partial charge < -0.3 is 24.1 Å². The largest absolute Gasteiger partial charge is 0.497 e. The standard InChI is InChI=1S/C21H22N2O5/c1-23(2)16-6-4-15(5-7-16)22-20(24)13-28-21(25)10-14-12-27-19-11-17(26-3)8-9-18(14)19/h4-9,11-12H,10,13H2,1-3H3,(H,22,24). The maximum absolute atomic E-state index is 12.1. The molecule has 0 bridgehead atoms. The minimum absolute atomic E-state index is 0.0180. The maximum atomic E-state index is 12.1. The van der Waals surface area contributed by atoms with Crippen molar-refractivity contribution in [3.05, 3.63) is 54.3 Å². The van der Waals surface area contributed by atoms with Gasteiger partial charge in [-0.25, -0.2) is 0 Å². The molecule has 0 aliphatic carbocycles. The lowest BCUT2D eigenvalue weighted by atomic mass is 10.1. The van der Waals surface area contributed by atoms with E-state index in [2.05, 4.69) is 5.32 Å². The number of anilines is 2. The van der Waals surface area contributed by atoms with E-state index in [1.807, 2.05) is 37.2 Å². The first kappa shape index (κ1) is 19.3. The van der Waals surface area contributed by atoms with Crippen LogP contribution in [0.25, 0.3) is 11.0 Å². The number of rotatable bonds is 7. The number of hydrogen-bond donors (Lipinski definition) is 1. The van der Waals surface area contributed by atoms with E-state index in [0.29, 0.717) is 22.6 Å². The average molecular weight is 382 g/mol. The molecule has 1 N–H and O–H groups in total. The van der Waals surface area contributed by atoms with Gasteiger partial charge in [0.05, 0.1) is 19.8 Å². The molecular weight excluding hydrogens is 360 g/mol. The van der Waals surface area contributed by atoms with E-state index in [-0.39, 0.29) is 13.0 Å². The molecule has 2 aromatic carbocycles. The summed E-state index contributed by atoms with van der Waals surface area (Å²) >= 11 is 0. The molecule has 7 heteroatoms. The summed E-state index contributed by atoms with van der Waals surface area (Å²) < 4.78 is 15.7. The third-order valence-corrected chi connectivity index (χ3v) is 4.23. The number of amides is 1. The zero-order chi connectivity index (χ0) is 20.1. The van der Waals surface area contributed by atoms with Crippen LogP contribution >= 0.6 is 0 Å². The van der Waals surface area contributed by atoms with Crippen LogP contribution in [0, 0.1) is 0 Å². The lowest BCUT2D eigenvalue weighted by Crippen LogP contribution is -2.21. The van der Waals surface area contributed by atoms with Crippen molar-refractivity contribution in [2.24, 2.45) is 0 Å². The number of methoxy groups -OCH3 is 1. The molecule has 7 nitrogen and oxygen atoms in total. The van der Waals surface area contributed by atoms with Gasteiger partial charge in [-0.1, -0.05) is 0 Å². The first-order valence-corrected chi connectivity index (χ1v) is 8.73. The van der Waals surface area contributed by atoms with Crippen molar-refractivity contribution in [1.29, 1.82) is 0 Å². The summed E-state index contributed by atoms with van der Waals surface area (Å²) in [5, 5.41) is 3.51. The molecule has 146 valence electrons. The molecule has 1 aromatic heterocycles. The molecule has 0 unspecified atom stereocenters. The van der Waals surface area contributed by atoms with Crippen molar-refractivity contribution in [1.82, 2.24) is 0 Å². The van der Waals surface area contributed by atoms with Crippen LogP contribution in [-0.2, 0) is 20.7 Å². The lowest BCUT2D eigenvalue weighted by molar-refractivity contribution is -0.146. The van der Waals surface area contributed by atoms with Gasteiger partial charge >= 0.3 is 5.97 Å². The first-order chi connectivity index (χ1) is 13.5. The van der Waals surface area contributed by atoms with E-state index in [1.165, 1.54) is 6.26 Å². The van der Waals surface area contributed by atoms with E-state index in [0.717, 1.165) is 11.1 Å². The predicted octanol–water partition coefficient (Wildman–Crippen LogP) is 3.23. The summed E-state index contributed by atoms with van der Waals surface area (Å²) in [5.41, 5.74) is 2.99. The number of nitrogens with one attached hydrogen (secondary N) is 1. The normalized spacial score (nSPS) is 10.5. The van der Waals surface area contributed by atoms with Crippen LogP contribution in [0.3, 0.4) is 0 Å². The average Bonchev–Trinajstić information content (AvgIpc) is 3.08. The lowest BCUT2D eigenvalue weighted by Gasteiger charge is -2.13. The highest BCUT2D eigenvalue weighted by atomic mass is 16.5. The number of hydrogen-bond acceptors (Lipinski definition) is 6. The van der Waals surface area contributed by atoms with Crippen LogP contribution in [0.1, 0.15) is 5.56 Å². The number of furan rings is 1. The zero-order valence-electron chi connectivity index (χ0n) is 16.0. The van der Waals surface area contributed by atoms with E-state index >= 15 is 0 Å². The Morgan fingerprint density at radius 2 is 1.86 bits per heavy atom. The highest BCUT2D eigenvalue weighted by Gasteiger charge is 2.14. The molecule has 0 radical (unpaired) electrons. The van der Waals surface area contributed by atoms with Gasteiger partial charge in [0.2, 0.25) is 0 Å². The third kappa shape index (κ3) is 4.62. The molecule has 0 spiro atoms. The van der Waals surface area contributed by atoms with E-state index in [1.54, 1.807) is 31.4 Å². The van der Waals surface area contributed by atoms with Crippen LogP contribution in [0.15, 0.2) is 53.1 Å². The second kappa shape index (κ2) is 8.47. The van der Waals surface area contributed by atoms with E-state index < -0.39 is 11.9 Å². The SMILES string of the molecule is COc1ccc2c(CC(=O)OCC(=O)Nc3ccc(N(C)C)cc3)coc2c1. The van der Waals surface area contributed by atoms with Crippen LogP contribution in [0.5, 0.6) is 5.75 Å². The second-order valence-electron chi connectivity index (χ2n) is 6.45. The first-order valence-electron chi connectivity index (χ1n) is 8.73. The summed E-state index contributed by atoms with van der Waals surface area (Å²) in [6.07, 6.45) is 1.53. The summed E-state index contributed by atoms with van der Waals surface area (Å²) in [4.78, 5) is 26.0. The van der Waals surface area contributed by atoms with Crippen LogP contribution < -0.4 is 15.0 Å². The van der Waals surface area contributed by atoms with Crippen molar-refractivity contribution in [2.75, 3.05) is 38.0 Å². The summed E-state index contributed by atoms with van der Waals surface area (Å²) in [5.74, 6) is -0.226. The van der Waals surface area contributed by atoms with Gasteiger partial charge in [0.25, 0.3) is 5.91 Å². The fourth-order valence-electron chi connectivity index (χ4n) is 2.72. The van der Waals surface area contributed by atoms with Gasteiger partial charge in [-0.15, -0.1) is 0 Å². The Hall–Kier alpha value is -3.48. The van der Waals surface area contributed by atoms with Gasteiger partial charge in [0, 0.05) is 42.5 Å². The van der Waals surface area contributed by atoms with Crippen molar-refractivity contribution in [2.45, 2.75) is 6.42 Å². The van der Waals surface area contributed by atoms with Gasteiger partial charge in [-0.05, 0) is 36.4 Å². The Morgan fingerprint density at radius 1 is 1.11 bits per heavy atom. The molecule has 0 atom stereocenters. The number of carbonyl (C=O) groups is 2. The van der Waals surface area contributed by atoms with Crippen molar-refractivity contribution in [3.63, 3.8) is 0 Å². The van der Waals surface area contributed by atoms with Gasteiger partial charge in [-0.3, -0.25) is 9.59 Å². The van der Waals surface area contributed by atoms with Gasteiger partial charge in [0.15, 0.2) is 6.61 Å². The minimum atomic E-state index is -0.503. The van der Waals surface area contributed by atoms with Gasteiger partial charge in [0.1, 0.15) is 11.3 Å². The molecular formula is C21H22N2O5. The van der Waals surface area contributed by atoms with E-state index in [4.69, 9.17) is 13.9 Å². The summed E-state index contributed by atoms with van der Waals surface area (Å²) in [6, 6.07) is 12.7. The smallest absolute Gasteiger partial charge is 0.310 e. The van der Waals surface area contributed by atoms with Crippen molar-refractivity contribution < 1.29 is 23.5 Å². The fraction of sp³-hybridized carbons (Fsp3) is 0.238. The molecule has 28 heavy (non-hydrogen) atoms. The van der Waals surface area contributed by atoms with Crippen LogP contribution in [0.4, 0.5) is 11.4 Å². The van der Waals surface area contributed by atoms with Crippen LogP contribution in [-0.4, -0.2) is 39.7 Å². The molecule has 0 aliphatic rings. The number of nitrogens with zero attached hydrogens (tertiary/aromatic N) is 1. The number of fused-ring (bicyclic) bond motifs is 1. The van der Waals surface area contributed by atoms with E-state index in [9.17, 15) is 9.59 Å². The predicted molar refractivity (Wildman–Crippen MR) is 107 cm³/mol. The monoisotopic (exact) mass is 382 g/mol. The molecule has 0 saturated carbocycles. The molecule has 3 rings (SSSR count). The summed E-state index contributed by atoms with van der Waals surface area (Å²) in [6.45, 7) is -0.349. The second-order valence-corrected chi connectivity index (χ2v) is 6.45. The Kier molecular flexibility index (Phi) is 5.84. The number of esters is 1. The molecule has 1 amide bonds. The Labute approximate surface area is 162 Å². The zero-order valence-corrected chi connectivity index (χ0v) is 16.0. The summed E-state index contributed by atoms with van der Waals surface area (Å²) in [7, 11) is 5.45. The molecule has 0 fully saturated rings.